The second-order valence-corrected chi connectivity index (χ2v) is 7.47. The lowest BCUT2D eigenvalue weighted by atomic mass is 10.0. The van der Waals surface area contributed by atoms with Crippen LogP contribution >= 0.6 is 0 Å². The van der Waals surface area contributed by atoms with Crippen LogP contribution < -0.4 is 10.1 Å². The topological polar surface area (TPSA) is 79.9 Å². The van der Waals surface area contributed by atoms with Crippen LogP contribution in [0, 0.1) is 11.6 Å². The molecule has 4 aromatic rings. The number of nitrogens with one attached hydrogen (secondary N) is 2. The SMILES string of the molecule is O=C(N[C@H]1COc2cccnc2C1)c1cccc(F)c1-c1cc(-c2ccc(F)cc2)n[nH]1. The summed E-state index contributed by atoms with van der Waals surface area (Å²) in [5.41, 5.74) is 2.58. The molecule has 0 saturated carbocycles. The molecule has 160 valence electrons. The lowest BCUT2D eigenvalue weighted by Crippen LogP contribution is -2.43. The van der Waals surface area contributed by atoms with Gasteiger partial charge in [-0.1, -0.05) is 6.07 Å². The standard InChI is InChI=1S/C24H18F2N4O2/c25-15-8-6-14(7-9-15)19-12-21(30-29-19)23-17(3-1-4-18(23)26)24(31)28-16-11-20-22(32-13-16)5-2-10-27-20/h1-10,12,16H,11,13H2,(H,28,31)(H,29,30)/t16-/m1/s1. The van der Waals surface area contributed by atoms with Gasteiger partial charge in [0, 0.05) is 23.7 Å². The van der Waals surface area contributed by atoms with E-state index in [2.05, 4.69) is 20.5 Å². The second-order valence-electron chi connectivity index (χ2n) is 7.47. The Kier molecular flexibility index (Phi) is 5.10. The summed E-state index contributed by atoms with van der Waals surface area (Å²) in [4.78, 5) is 17.3. The molecule has 8 heteroatoms. The summed E-state index contributed by atoms with van der Waals surface area (Å²) >= 11 is 0. The lowest BCUT2D eigenvalue weighted by Gasteiger charge is -2.25. The molecular weight excluding hydrogens is 414 g/mol. The van der Waals surface area contributed by atoms with Crippen molar-refractivity contribution in [2.75, 3.05) is 6.61 Å². The van der Waals surface area contributed by atoms with Crippen LogP contribution in [-0.2, 0) is 6.42 Å². The largest absolute Gasteiger partial charge is 0.490 e. The van der Waals surface area contributed by atoms with Crippen LogP contribution in [0.5, 0.6) is 5.75 Å². The summed E-state index contributed by atoms with van der Waals surface area (Å²) in [5.74, 6) is -0.637. The molecule has 2 aromatic carbocycles. The molecule has 1 atom stereocenters. The third-order valence-electron chi connectivity index (χ3n) is 5.31. The van der Waals surface area contributed by atoms with E-state index in [-0.39, 0.29) is 23.0 Å². The van der Waals surface area contributed by atoms with E-state index in [1.54, 1.807) is 36.5 Å². The number of hydrogen-bond acceptors (Lipinski definition) is 4. The zero-order valence-corrected chi connectivity index (χ0v) is 16.8. The minimum Gasteiger partial charge on any atom is -0.490 e. The van der Waals surface area contributed by atoms with E-state index >= 15 is 0 Å². The Labute approximate surface area is 182 Å². The monoisotopic (exact) mass is 432 g/mol. The van der Waals surface area contributed by atoms with Crippen LogP contribution in [0.25, 0.3) is 22.5 Å². The molecule has 0 aliphatic carbocycles. The summed E-state index contributed by atoms with van der Waals surface area (Å²) in [5, 5.41) is 9.90. The zero-order valence-electron chi connectivity index (χ0n) is 16.8. The van der Waals surface area contributed by atoms with Crippen LogP contribution in [0.2, 0.25) is 0 Å². The van der Waals surface area contributed by atoms with E-state index in [1.807, 2.05) is 6.07 Å². The summed E-state index contributed by atoms with van der Waals surface area (Å²) in [6.07, 6.45) is 2.19. The fourth-order valence-electron chi connectivity index (χ4n) is 3.75. The van der Waals surface area contributed by atoms with Crippen LogP contribution in [0.4, 0.5) is 8.78 Å². The Bertz CT molecular complexity index is 1290. The van der Waals surface area contributed by atoms with Gasteiger partial charge in [-0.15, -0.1) is 0 Å². The normalized spacial score (nSPS) is 15.0. The minimum atomic E-state index is -0.557. The summed E-state index contributed by atoms with van der Waals surface area (Å²) in [6, 6.07) is 15.1. The Morgan fingerprint density at radius 3 is 2.78 bits per heavy atom. The first-order valence-electron chi connectivity index (χ1n) is 10.1. The van der Waals surface area contributed by atoms with Gasteiger partial charge in [-0.25, -0.2) is 8.78 Å². The second kappa shape index (κ2) is 8.22. The fourth-order valence-corrected chi connectivity index (χ4v) is 3.75. The van der Waals surface area contributed by atoms with Crippen molar-refractivity contribution >= 4 is 5.91 Å². The minimum absolute atomic E-state index is 0.112. The molecule has 32 heavy (non-hydrogen) atoms. The first-order chi connectivity index (χ1) is 15.6. The van der Waals surface area contributed by atoms with Crippen molar-refractivity contribution < 1.29 is 18.3 Å². The number of carbonyl (C=O) groups excluding carboxylic acids is 1. The van der Waals surface area contributed by atoms with Crippen molar-refractivity contribution in [2.24, 2.45) is 0 Å². The summed E-state index contributed by atoms with van der Waals surface area (Å²) in [6.45, 7) is 0.299. The van der Waals surface area contributed by atoms with E-state index < -0.39 is 11.7 Å². The molecule has 1 amide bonds. The number of ether oxygens (including phenoxy) is 1. The van der Waals surface area contributed by atoms with E-state index in [1.165, 1.54) is 24.3 Å². The highest BCUT2D eigenvalue weighted by Gasteiger charge is 2.25. The quantitative estimate of drug-likeness (QED) is 0.508. The van der Waals surface area contributed by atoms with Gasteiger partial charge < -0.3 is 10.1 Å². The molecular formula is C24H18F2N4O2. The van der Waals surface area contributed by atoms with Gasteiger partial charge in [-0.05, 0) is 54.6 Å². The fraction of sp³-hybridized carbons (Fsp3) is 0.125. The van der Waals surface area contributed by atoms with Crippen molar-refractivity contribution in [3.63, 3.8) is 0 Å². The van der Waals surface area contributed by atoms with Crippen LogP contribution in [-0.4, -0.2) is 33.7 Å². The maximum Gasteiger partial charge on any atom is 0.252 e. The highest BCUT2D eigenvalue weighted by atomic mass is 19.1. The lowest BCUT2D eigenvalue weighted by molar-refractivity contribution is 0.0915. The Balaban J connectivity index is 1.41. The highest BCUT2D eigenvalue weighted by molar-refractivity contribution is 6.01. The average Bonchev–Trinajstić information content (AvgIpc) is 3.29. The van der Waals surface area contributed by atoms with Crippen molar-refractivity contribution in [3.8, 4) is 28.3 Å². The molecule has 5 rings (SSSR count). The van der Waals surface area contributed by atoms with Gasteiger partial charge in [0.15, 0.2) is 0 Å². The maximum absolute atomic E-state index is 14.8. The predicted octanol–water partition coefficient (Wildman–Crippen LogP) is 4.15. The van der Waals surface area contributed by atoms with Crippen LogP contribution in [0.15, 0.2) is 66.9 Å². The Hall–Kier alpha value is -4.07. The molecule has 0 spiro atoms. The number of pyridine rings is 1. The van der Waals surface area contributed by atoms with Gasteiger partial charge >= 0.3 is 0 Å². The molecule has 0 unspecified atom stereocenters. The molecule has 1 aliphatic rings. The van der Waals surface area contributed by atoms with E-state index in [4.69, 9.17) is 4.74 Å². The van der Waals surface area contributed by atoms with Crippen molar-refractivity contribution in [2.45, 2.75) is 12.5 Å². The third-order valence-corrected chi connectivity index (χ3v) is 5.31. The van der Waals surface area contributed by atoms with E-state index in [9.17, 15) is 13.6 Å². The number of nitrogens with zero attached hydrogens (tertiary/aromatic N) is 2. The van der Waals surface area contributed by atoms with Crippen molar-refractivity contribution in [1.29, 1.82) is 0 Å². The Morgan fingerprint density at radius 2 is 1.94 bits per heavy atom. The number of halogens is 2. The number of carbonyl (C=O) groups is 1. The number of amides is 1. The predicted molar refractivity (Wildman–Crippen MR) is 114 cm³/mol. The first kappa shape index (κ1) is 19.9. The third kappa shape index (κ3) is 3.82. The van der Waals surface area contributed by atoms with Gasteiger partial charge in [0.1, 0.15) is 24.0 Å². The number of aromatic amines is 1. The van der Waals surface area contributed by atoms with Gasteiger partial charge in [-0.3, -0.25) is 14.9 Å². The molecule has 0 saturated heterocycles. The van der Waals surface area contributed by atoms with Crippen molar-refractivity contribution in [1.82, 2.24) is 20.5 Å². The molecule has 2 N–H and O–H groups in total. The maximum atomic E-state index is 14.8. The number of benzene rings is 2. The van der Waals surface area contributed by atoms with Gasteiger partial charge in [0.25, 0.3) is 5.91 Å². The zero-order chi connectivity index (χ0) is 22.1. The number of H-pyrrole nitrogens is 1. The summed E-state index contributed by atoms with van der Waals surface area (Å²) < 4.78 is 33.7. The molecule has 1 aliphatic heterocycles. The molecule has 0 bridgehead atoms. The molecule has 3 heterocycles. The smallest absolute Gasteiger partial charge is 0.252 e. The first-order valence-corrected chi connectivity index (χ1v) is 10.1. The van der Waals surface area contributed by atoms with Crippen molar-refractivity contribution in [3.05, 3.63) is 89.8 Å². The van der Waals surface area contributed by atoms with E-state index in [0.29, 0.717) is 35.7 Å². The number of rotatable bonds is 4. The van der Waals surface area contributed by atoms with Gasteiger partial charge in [-0.2, -0.15) is 5.10 Å². The molecule has 2 aromatic heterocycles. The van der Waals surface area contributed by atoms with Gasteiger partial charge in [0.05, 0.1) is 28.7 Å². The molecule has 0 fully saturated rings. The number of aromatic nitrogens is 3. The Morgan fingerprint density at radius 1 is 1.09 bits per heavy atom. The molecule has 0 radical (unpaired) electrons. The summed E-state index contributed by atoms with van der Waals surface area (Å²) in [7, 11) is 0. The number of hydrogen-bond donors (Lipinski definition) is 2. The van der Waals surface area contributed by atoms with Gasteiger partial charge in [0.2, 0.25) is 0 Å². The van der Waals surface area contributed by atoms with E-state index in [0.717, 1.165) is 5.69 Å². The van der Waals surface area contributed by atoms with Crippen LogP contribution in [0.3, 0.4) is 0 Å². The highest BCUT2D eigenvalue weighted by Crippen LogP contribution is 2.29. The molecule has 6 nitrogen and oxygen atoms in total. The average molecular weight is 432 g/mol. The van der Waals surface area contributed by atoms with Crippen LogP contribution in [0.1, 0.15) is 16.1 Å². The number of fused-ring (bicyclic) bond motifs is 1.